The number of aromatic nitrogens is 2. The Morgan fingerprint density at radius 1 is 1.33 bits per heavy atom. The molecule has 1 aromatic carbocycles. The van der Waals surface area contributed by atoms with Gasteiger partial charge < -0.3 is 14.8 Å². The number of benzene rings is 1. The van der Waals surface area contributed by atoms with Gasteiger partial charge in [0.1, 0.15) is 5.82 Å². The van der Waals surface area contributed by atoms with Crippen LogP contribution in [0.1, 0.15) is 25.2 Å². The van der Waals surface area contributed by atoms with Gasteiger partial charge in [0.15, 0.2) is 0 Å². The molecule has 2 heterocycles. The largest absolute Gasteiger partial charge is 0.361 e. The summed E-state index contributed by atoms with van der Waals surface area (Å²) in [4.78, 5) is 6.81. The first-order valence-electron chi connectivity index (χ1n) is 7.40. The fourth-order valence-electron chi connectivity index (χ4n) is 2.62. The quantitative estimate of drug-likeness (QED) is 0.921. The van der Waals surface area contributed by atoms with Crippen molar-refractivity contribution < 1.29 is 0 Å². The van der Waals surface area contributed by atoms with Crippen molar-refractivity contribution in [3.63, 3.8) is 0 Å². The molecule has 0 atom stereocenters. The van der Waals surface area contributed by atoms with Gasteiger partial charge in [-0.05, 0) is 33.6 Å². The summed E-state index contributed by atoms with van der Waals surface area (Å²) in [6, 6.07) is 7.13. The Labute approximate surface area is 134 Å². The van der Waals surface area contributed by atoms with E-state index in [4.69, 9.17) is 0 Å². The number of nitrogens with zero attached hydrogens (tertiary/aromatic N) is 3. The number of rotatable bonds is 4. The van der Waals surface area contributed by atoms with Crippen LogP contribution in [0.2, 0.25) is 0 Å². The van der Waals surface area contributed by atoms with Gasteiger partial charge >= 0.3 is 0 Å². The van der Waals surface area contributed by atoms with E-state index in [2.05, 4.69) is 73.9 Å². The van der Waals surface area contributed by atoms with Crippen LogP contribution in [0.5, 0.6) is 0 Å². The smallest absolute Gasteiger partial charge is 0.128 e. The molecule has 1 aromatic heterocycles. The van der Waals surface area contributed by atoms with Crippen molar-refractivity contribution >= 4 is 21.6 Å². The Morgan fingerprint density at radius 2 is 2.19 bits per heavy atom. The number of imidazole rings is 1. The predicted octanol–water partition coefficient (Wildman–Crippen LogP) is 3.16. The Balaban J connectivity index is 1.74. The number of nitrogens with one attached hydrogen (secondary N) is 1. The number of anilines is 1. The zero-order chi connectivity index (χ0) is 14.8. The normalized spacial score (nSPS) is 14.6. The molecule has 112 valence electrons. The molecule has 4 nitrogen and oxygen atoms in total. The topological polar surface area (TPSA) is 33.1 Å². The number of halogens is 1. The SMILES string of the molecule is CC(C)NCc1ccc(N2CCn3ccnc3C2)c(Br)c1. The lowest BCUT2D eigenvalue weighted by Crippen LogP contribution is -2.33. The molecular weight excluding hydrogens is 328 g/mol. The molecule has 0 fully saturated rings. The van der Waals surface area contributed by atoms with Crippen LogP contribution in [0.4, 0.5) is 5.69 Å². The van der Waals surface area contributed by atoms with Crippen LogP contribution >= 0.6 is 15.9 Å². The summed E-state index contributed by atoms with van der Waals surface area (Å²) in [5.74, 6) is 1.14. The maximum atomic E-state index is 4.42. The lowest BCUT2D eigenvalue weighted by atomic mass is 10.1. The fourth-order valence-corrected chi connectivity index (χ4v) is 3.29. The van der Waals surface area contributed by atoms with E-state index < -0.39 is 0 Å². The molecule has 0 spiro atoms. The highest BCUT2D eigenvalue weighted by atomic mass is 79.9. The van der Waals surface area contributed by atoms with E-state index in [1.54, 1.807) is 0 Å². The molecule has 5 heteroatoms. The van der Waals surface area contributed by atoms with E-state index >= 15 is 0 Å². The molecule has 2 aromatic rings. The van der Waals surface area contributed by atoms with Gasteiger partial charge in [-0.1, -0.05) is 19.9 Å². The molecular formula is C16H21BrN4. The maximum absolute atomic E-state index is 4.42. The van der Waals surface area contributed by atoms with Crippen LogP contribution < -0.4 is 10.2 Å². The molecule has 0 saturated carbocycles. The molecule has 1 N–H and O–H groups in total. The van der Waals surface area contributed by atoms with Gasteiger partial charge in [0.25, 0.3) is 0 Å². The molecule has 0 bridgehead atoms. The highest BCUT2D eigenvalue weighted by molar-refractivity contribution is 9.10. The van der Waals surface area contributed by atoms with Crippen LogP contribution in [-0.4, -0.2) is 22.1 Å². The van der Waals surface area contributed by atoms with Gasteiger partial charge in [-0.15, -0.1) is 0 Å². The minimum Gasteiger partial charge on any atom is -0.361 e. The van der Waals surface area contributed by atoms with E-state index in [-0.39, 0.29) is 0 Å². The summed E-state index contributed by atoms with van der Waals surface area (Å²) in [7, 11) is 0. The van der Waals surface area contributed by atoms with Gasteiger partial charge in [0.2, 0.25) is 0 Å². The number of hydrogen-bond acceptors (Lipinski definition) is 3. The zero-order valence-corrected chi connectivity index (χ0v) is 14.1. The van der Waals surface area contributed by atoms with Gasteiger partial charge in [0, 0.05) is 42.5 Å². The lowest BCUT2D eigenvalue weighted by molar-refractivity contribution is 0.559. The molecule has 1 aliphatic heterocycles. The van der Waals surface area contributed by atoms with Crippen LogP contribution in [0, 0.1) is 0 Å². The van der Waals surface area contributed by atoms with Crippen molar-refractivity contribution in [3.8, 4) is 0 Å². The van der Waals surface area contributed by atoms with Crippen molar-refractivity contribution in [2.75, 3.05) is 11.4 Å². The summed E-state index contributed by atoms with van der Waals surface area (Å²) < 4.78 is 3.39. The molecule has 0 aliphatic carbocycles. The Bertz CT molecular complexity index is 620. The van der Waals surface area contributed by atoms with Crippen LogP contribution in [0.15, 0.2) is 35.1 Å². The molecule has 0 amide bonds. The van der Waals surface area contributed by atoms with Crippen LogP contribution in [-0.2, 0) is 19.6 Å². The lowest BCUT2D eigenvalue weighted by Gasteiger charge is -2.30. The van der Waals surface area contributed by atoms with E-state index in [9.17, 15) is 0 Å². The van der Waals surface area contributed by atoms with Crippen molar-refractivity contribution in [1.82, 2.24) is 14.9 Å². The van der Waals surface area contributed by atoms with Gasteiger partial charge in [-0.25, -0.2) is 4.98 Å². The van der Waals surface area contributed by atoms with Crippen LogP contribution in [0.25, 0.3) is 0 Å². The molecule has 21 heavy (non-hydrogen) atoms. The third kappa shape index (κ3) is 3.30. The minimum absolute atomic E-state index is 0.504. The molecule has 0 radical (unpaired) electrons. The average molecular weight is 349 g/mol. The fraction of sp³-hybridized carbons (Fsp3) is 0.438. The van der Waals surface area contributed by atoms with E-state index in [0.717, 1.165) is 36.5 Å². The molecule has 0 saturated heterocycles. The summed E-state index contributed by atoms with van der Waals surface area (Å²) in [6.45, 7) is 8.12. The van der Waals surface area contributed by atoms with Gasteiger partial charge in [0.05, 0.1) is 12.2 Å². The highest BCUT2D eigenvalue weighted by Crippen LogP contribution is 2.29. The first-order chi connectivity index (χ1) is 10.1. The zero-order valence-electron chi connectivity index (χ0n) is 12.5. The maximum Gasteiger partial charge on any atom is 0.128 e. The summed E-state index contributed by atoms with van der Waals surface area (Å²) in [6.07, 6.45) is 3.94. The number of hydrogen-bond donors (Lipinski definition) is 1. The second-order valence-electron chi connectivity index (χ2n) is 5.78. The molecule has 1 aliphatic rings. The Kier molecular flexibility index (Phi) is 4.31. The Hall–Kier alpha value is -1.33. The van der Waals surface area contributed by atoms with E-state index in [1.807, 2.05) is 6.20 Å². The molecule has 0 unspecified atom stereocenters. The second kappa shape index (κ2) is 6.20. The first-order valence-corrected chi connectivity index (χ1v) is 8.19. The summed E-state index contributed by atoms with van der Waals surface area (Å²) in [5.41, 5.74) is 2.55. The third-order valence-corrected chi connectivity index (χ3v) is 4.45. The van der Waals surface area contributed by atoms with Gasteiger partial charge in [-0.2, -0.15) is 0 Å². The third-order valence-electron chi connectivity index (χ3n) is 3.81. The van der Waals surface area contributed by atoms with Crippen LogP contribution in [0.3, 0.4) is 0 Å². The Morgan fingerprint density at radius 3 is 2.95 bits per heavy atom. The predicted molar refractivity (Wildman–Crippen MR) is 89.4 cm³/mol. The molecule has 3 rings (SSSR count). The van der Waals surface area contributed by atoms with E-state index in [1.165, 1.54) is 11.3 Å². The van der Waals surface area contributed by atoms with Crippen molar-refractivity contribution in [1.29, 1.82) is 0 Å². The van der Waals surface area contributed by atoms with Crippen molar-refractivity contribution in [3.05, 3.63) is 46.5 Å². The standard InChI is InChI=1S/C16H21BrN4/c1-12(2)19-10-13-3-4-15(14(17)9-13)21-8-7-20-6-5-18-16(20)11-21/h3-6,9,12,19H,7-8,10-11H2,1-2H3. The number of fused-ring (bicyclic) bond motifs is 1. The summed E-state index contributed by atoms with van der Waals surface area (Å²) >= 11 is 3.72. The highest BCUT2D eigenvalue weighted by Gasteiger charge is 2.18. The second-order valence-corrected chi connectivity index (χ2v) is 6.63. The first kappa shape index (κ1) is 14.6. The minimum atomic E-state index is 0.504. The van der Waals surface area contributed by atoms with Crippen molar-refractivity contribution in [2.45, 2.75) is 39.5 Å². The van der Waals surface area contributed by atoms with Crippen molar-refractivity contribution in [2.24, 2.45) is 0 Å². The monoisotopic (exact) mass is 348 g/mol. The van der Waals surface area contributed by atoms with Gasteiger partial charge in [-0.3, -0.25) is 0 Å². The average Bonchev–Trinajstić information content (AvgIpc) is 2.92. The summed E-state index contributed by atoms with van der Waals surface area (Å²) in [5, 5.41) is 3.45. The van der Waals surface area contributed by atoms with E-state index in [0.29, 0.717) is 6.04 Å².